The van der Waals surface area contributed by atoms with E-state index in [0.717, 1.165) is 18.7 Å². The Morgan fingerprint density at radius 1 is 1.20 bits per heavy atom. The predicted octanol–water partition coefficient (Wildman–Crippen LogP) is 1.39. The van der Waals surface area contributed by atoms with Gasteiger partial charge in [0.25, 0.3) is 0 Å². The summed E-state index contributed by atoms with van der Waals surface area (Å²) in [6.45, 7) is 1.38. The van der Waals surface area contributed by atoms with Crippen molar-refractivity contribution in [3.05, 3.63) is 59.4 Å². The number of fused-ring (bicyclic) bond motifs is 1. The zero-order chi connectivity index (χ0) is 13.8. The Labute approximate surface area is 115 Å². The van der Waals surface area contributed by atoms with Crippen LogP contribution in [-0.4, -0.2) is 25.7 Å². The van der Waals surface area contributed by atoms with Gasteiger partial charge in [-0.25, -0.2) is 13.9 Å². The molecule has 6 heteroatoms. The Balaban J connectivity index is 1.60. The molecule has 2 aromatic heterocycles. The summed E-state index contributed by atoms with van der Waals surface area (Å²) >= 11 is 0. The second-order valence-electron chi connectivity index (χ2n) is 4.46. The van der Waals surface area contributed by atoms with Crippen LogP contribution in [0.5, 0.6) is 0 Å². The number of nitrogens with one attached hydrogen (secondary N) is 1. The van der Waals surface area contributed by atoms with Crippen molar-refractivity contribution in [2.45, 2.75) is 13.0 Å². The first-order valence-electron chi connectivity index (χ1n) is 6.53. The summed E-state index contributed by atoms with van der Waals surface area (Å²) in [7, 11) is 0. The number of anilines is 1. The molecule has 3 aromatic rings. The molecule has 0 aliphatic carbocycles. The van der Waals surface area contributed by atoms with E-state index in [0.29, 0.717) is 12.2 Å². The minimum Gasteiger partial charge on any atom is -0.385 e. The molecule has 0 spiro atoms. The molecule has 0 saturated heterocycles. The van der Waals surface area contributed by atoms with E-state index >= 15 is 0 Å². The number of hydrogen-bond donors (Lipinski definition) is 1. The molecular formula is C14H15N5O. The van der Waals surface area contributed by atoms with Gasteiger partial charge in [0.05, 0.1) is 6.20 Å². The number of nitrogens with zero attached hydrogens (tertiary/aromatic N) is 4. The Kier molecular flexibility index (Phi) is 3.45. The number of aromatic nitrogens is 4. The lowest BCUT2D eigenvalue weighted by atomic mass is 10.3. The van der Waals surface area contributed by atoms with Crippen LogP contribution in [-0.2, 0) is 6.54 Å². The summed E-state index contributed by atoms with van der Waals surface area (Å²) in [4.78, 5) is 16.0. The van der Waals surface area contributed by atoms with Gasteiger partial charge in [-0.05, 0) is 18.6 Å². The monoisotopic (exact) mass is 269 g/mol. The molecule has 0 atom stereocenters. The summed E-state index contributed by atoms with van der Waals surface area (Å²) in [5.41, 5.74) is 1.54. The topological polar surface area (TPSA) is 64.2 Å². The van der Waals surface area contributed by atoms with E-state index < -0.39 is 0 Å². The molecule has 0 saturated carbocycles. The van der Waals surface area contributed by atoms with E-state index in [1.807, 2.05) is 30.3 Å². The van der Waals surface area contributed by atoms with Crippen LogP contribution in [0.15, 0.2) is 53.7 Å². The van der Waals surface area contributed by atoms with Gasteiger partial charge in [0, 0.05) is 31.2 Å². The van der Waals surface area contributed by atoms with Crippen LogP contribution in [0, 0.1) is 0 Å². The molecule has 0 radical (unpaired) electrons. The maximum Gasteiger partial charge on any atom is 0.350 e. The van der Waals surface area contributed by atoms with Crippen LogP contribution < -0.4 is 11.0 Å². The van der Waals surface area contributed by atoms with E-state index in [1.165, 1.54) is 9.08 Å². The third-order valence-corrected chi connectivity index (χ3v) is 3.04. The number of rotatable bonds is 5. The van der Waals surface area contributed by atoms with Gasteiger partial charge in [-0.15, -0.1) is 5.10 Å². The number of para-hydroxylation sites is 1. The van der Waals surface area contributed by atoms with E-state index in [9.17, 15) is 4.79 Å². The average molecular weight is 269 g/mol. The lowest BCUT2D eigenvalue weighted by molar-refractivity contribution is 0.572. The highest BCUT2D eigenvalue weighted by atomic mass is 16.2. The molecule has 6 nitrogen and oxygen atoms in total. The molecule has 2 heterocycles. The molecule has 0 aliphatic rings. The van der Waals surface area contributed by atoms with Crippen molar-refractivity contribution < 1.29 is 0 Å². The van der Waals surface area contributed by atoms with Crippen LogP contribution >= 0.6 is 0 Å². The number of hydrogen-bond acceptors (Lipinski definition) is 4. The zero-order valence-corrected chi connectivity index (χ0v) is 10.9. The lowest BCUT2D eigenvalue weighted by Gasteiger charge is -2.05. The molecule has 0 fully saturated rings. The van der Waals surface area contributed by atoms with Gasteiger partial charge in [0.2, 0.25) is 0 Å². The van der Waals surface area contributed by atoms with E-state index in [-0.39, 0.29) is 5.69 Å². The molecule has 0 bridgehead atoms. The SMILES string of the molecule is O=c1n(CCCNc2ccccc2)nc2cnccn12. The molecule has 3 rings (SSSR count). The van der Waals surface area contributed by atoms with Gasteiger partial charge >= 0.3 is 5.69 Å². The third kappa shape index (κ3) is 2.54. The van der Waals surface area contributed by atoms with Crippen LogP contribution in [0.4, 0.5) is 5.69 Å². The standard InChI is InChI=1S/C14H15N5O/c20-14-18-10-8-15-11-13(18)17-19(14)9-4-7-16-12-5-2-1-3-6-12/h1-3,5-6,8,10-11,16H,4,7,9H2. The smallest absolute Gasteiger partial charge is 0.350 e. The largest absolute Gasteiger partial charge is 0.385 e. The van der Waals surface area contributed by atoms with Crippen molar-refractivity contribution in [3.63, 3.8) is 0 Å². The third-order valence-electron chi connectivity index (χ3n) is 3.04. The van der Waals surface area contributed by atoms with E-state index in [1.54, 1.807) is 18.6 Å². The maximum atomic E-state index is 12.0. The second kappa shape index (κ2) is 5.56. The molecular weight excluding hydrogens is 254 g/mol. The Morgan fingerprint density at radius 2 is 2.05 bits per heavy atom. The quantitative estimate of drug-likeness (QED) is 0.711. The highest BCUT2D eigenvalue weighted by Crippen LogP contribution is 2.04. The minimum absolute atomic E-state index is 0.123. The molecule has 1 N–H and O–H groups in total. The molecule has 0 aliphatic heterocycles. The summed E-state index contributed by atoms with van der Waals surface area (Å²) in [5, 5.41) is 7.54. The zero-order valence-electron chi connectivity index (χ0n) is 10.9. The van der Waals surface area contributed by atoms with Crippen LogP contribution in [0.3, 0.4) is 0 Å². The number of benzene rings is 1. The van der Waals surface area contributed by atoms with Gasteiger partial charge in [-0.2, -0.15) is 0 Å². The van der Waals surface area contributed by atoms with E-state index in [2.05, 4.69) is 15.4 Å². The average Bonchev–Trinajstić information content (AvgIpc) is 2.82. The van der Waals surface area contributed by atoms with Crippen molar-refractivity contribution >= 4 is 11.3 Å². The molecule has 0 unspecified atom stereocenters. The Morgan fingerprint density at radius 3 is 2.85 bits per heavy atom. The van der Waals surface area contributed by atoms with Crippen molar-refractivity contribution in [1.29, 1.82) is 0 Å². The highest BCUT2D eigenvalue weighted by molar-refractivity contribution is 5.42. The summed E-state index contributed by atoms with van der Waals surface area (Å²) < 4.78 is 2.97. The summed E-state index contributed by atoms with van der Waals surface area (Å²) in [5.74, 6) is 0. The summed E-state index contributed by atoms with van der Waals surface area (Å²) in [6.07, 6.45) is 5.62. The molecule has 0 amide bonds. The Hall–Kier alpha value is -2.63. The Bertz CT molecular complexity index is 747. The van der Waals surface area contributed by atoms with Crippen molar-refractivity contribution in [1.82, 2.24) is 19.2 Å². The maximum absolute atomic E-state index is 12.0. The van der Waals surface area contributed by atoms with Crippen molar-refractivity contribution in [2.24, 2.45) is 0 Å². The van der Waals surface area contributed by atoms with E-state index in [4.69, 9.17) is 0 Å². The fourth-order valence-corrected chi connectivity index (χ4v) is 2.04. The highest BCUT2D eigenvalue weighted by Gasteiger charge is 2.05. The van der Waals surface area contributed by atoms with Crippen LogP contribution in [0.2, 0.25) is 0 Å². The van der Waals surface area contributed by atoms with Crippen LogP contribution in [0.1, 0.15) is 6.42 Å². The van der Waals surface area contributed by atoms with Crippen molar-refractivity contribution in [3.8, 4) is 0 Å². The summed E-state index contributed by atoms with van der Waals surface area (Å²) in [6, 6.07) is 9.99. The van der Waals surface area contributed by atoms with Gasteiger partial charge in [-0.1, -0.05) is 18.2 Å². The van der Waals surface area contributed by atoms with Crippen LogP contribution in [0.25, 0.3) is 5.65 Å². The fraction of sp³-hybridized carbons (Fsp3) is 0.214. The first-order chi connectivity index (χ1) is 9.84. The normalized spacial score (nSPS) is 10.8. The predicted molar refractivity (Wildman–Crippen MR) is 76.8 cm³/mol. The van der Waals surface area contributed by atoms with Gasteiger partial charge in [-0.3, -0.25) is 4.98 Å². The van der Waals surface area contributed by atoms with Gasteiger partial charge in [0.15, 0.2) is 5.65 Å². The lowest BCUT2D eigenvalue weighted by Crippen LogP contribution is -2.22. The molecule has 1 aromatic carbocycles. The fourth-order valence-electron chi connectivity index (χ4n) is 2.04. The van der Waals surface area contributed by atoms with Gasteiger partial charge < -0.3 is 5.32 Å². The first-order valence-corrected chi connectivity index (χ1v) is 6.53. The minimum atomic E-state index is -0.123. The second-order valence-corrected chi connectivity index (χ2v) is 4.46. The first kappa shape index (κ1) is 12.4. The van der Waals surface area contributed by atoms with Gasteiger partial charge in [0.1, 0.15) is 0 Å². The number of aryl methyl sites for hydroxylation is 1. The molecule has 102 valence electrons. The van der Waals surface area contributed by atoms with Crippen molar-refractivity contribution in [2.75, 3.05) is 11.9 Å². The molecule has 20 heavy (non-hydrogen) atoms.